The minimum atomic E-state index is 0.540. The Morgan fingerprint density at radius 3 is 2.58 bits per heavy atom. The Labute approximate surface area is 115 Å². The SMILES string of the molecule is CN(C)CCCN1CCN(c2cc(N)ncn2)CC1. The lowest BCUT2D eigenvalue weighted by atomic mass is 10.3. The van der Waals surface area contributed by atoms with E-state index in [4.69, 9.17) is 5.73 Å². The van der Waals surface area contributed by atoms with E-state index in [1.54, 1.807) is 0 Å². The van der Waals surface area contributed by atoms with Crippen LogP contribution >= 0.6 is 0 Å². The number of rotatable bonds is 5. The van der Waals surface area contributed by atoms with Gasteiger partial charge in [-0.1, -0.05) is 0 Å². The zero-order valence-electron chi connectivity index (χ0n) is 11.9. The van der Waals surface area contributed by atoms with Gasteiger partial charge in [-0.3, -0.25) is 4.90 Å². The molecular weight excluding hydrogens is 240 g/mol. The molecule has 0 saturated carbocycles. The molecule has 1 aliphatic rings. The molecule has 0 amide bonds. The maximum Gasteiger partial charge on any atom is 0.134 e. The van der Waals surface area contributed by atoms with Crippen molar-refractivity contribution in [1.29, 1.82) is 0 Å². The van der Waals surface area contributed by atoms with E-state index in [0.717, 1.165) is 38.5 Å². The molecule has 0 atom stereocenters. The summed E-state index contributed by atoms with van der Waals surface area (Å²) in [6, 6.07) is 1.85. The third-order valence-electron chi connectivity index (χ3n) is 3.45. The van der Waals surface area contributed by atoms with Crippen molar-refractivity contribution in [3.05, 3.63) is 12.4 Å². The first-order chi connectivity index (χ1) is 9.15. The maximum atomic E-state index is 5.69. The van der Waals surface area contributed by atoms with Gasteiger partial charge in [0, 0.05) is 32.2 Å². The molecule has 6 heteroatoms. The highest BCUT2D eigenvalue weighted by atomic mass is 15.3. The minimum Gasteiger partial charge on any atom is -0.384 e. The van der Waals surface area contributed by atoms with E-state index in [1.165, 1.54) is 19.3 Å². The van der Waals surface area contributed by atoms with Crippen LogP contribution in [-0.4, -0.2) is 73.1 Å². The van der Waals surface area contributed by atoms with Crippen LogP contribution < -0.4 is 10.6 Å². The lowest BCUT2D eigenvalue weighted by Gasteiger charge is -2.35. The van der Waals surface area contributed by atoms with Crippen molar-refractivity contribution in [3.8, 4) is 0 Å². The predicted octanol–water partition coefficient (Wildman–Crippen LogP) is 0.133. The van der Waals surface area contributed by atoms with Crippen molar-refractivity contribution in [2.24, 2.45) is 0 Å². The van der Waals surface area contributed by atoms with Crippen LogP contribution in [0.15, 0.2) is 12.4 Å². The molecule has 0 radical (unpaired) electrons. The molecule has 2 N–H and O–H groups in total. The second-order valence-electron chi connectivity index (χ2n) is 5.29. The van der Waals surface area contributed by atoms with Crippen molar-refractivity contribution >= 4 is 11.6 Å². The van der Waals surface area contributed by atoms with Crippen molar-refractivity contribution in [3.63, 3.8) is 0 Å². The third-order valence-corrected chi connectivity index (χ3v) is 3.45. The van der Waals surface area contributed by atoms with Crippen LogP contribution in [-0.2, 0) is 0 Å². The summed E-state index contributed by atoms with van der Waals surface area (Å²) in [5.74, 6) is 1.49. The molecule has 0 bridgehead atoms. The number of anilines is 2. The molecule has 1 aromatic rings. The summed E-state index contributed by atoms with van der Waals surface area (Å²) < 4.78 is 0. The smallest absolute Gasteiger partial charge is 0.134 e. The topological polar surface area (TPSA) is 61.5 Å². The van der Waals surface area contributed by atoms with Gasteiger partial charge in [-0.2, -0.15) is 0 Å². The maximum absolute atomic E-state index is 5.69. The fourth-order valence-electron chi connectivity index (χ4n) is 2.35. The van der Waals surface area contributed by atoms with E-state index in [-0.39, 0.29) is 0 Å². The lowest BCUT2D eigenvalue weighted by molar-refractivity contribution is 0.242. The Hall–Kier alpha value is -1.40. The van der Waals surface area contributed by atoms with Crippen molar-refractivity contribution in [1.82, 2.24) is 19.8 Å². The average Bonchev–Trinajstić information content (AvgIpc) is 2.39. The number of piperazine rings is 1. The molecule has 1 fully saturated rings. The second-order valence-corrected chi connectivity index (χ2v) is 5.29. The van der Waals surface area contributed by atoms with Gasteiger partial charge in [0.2, 0.25) is 0 Å². The van der Waals surface area contributed by atoms with Gasteiger partial charge in [0.1, 0.15) is 18.0 Å². The Balaban J connectivity index is 1.76. The summed E-state index contributed by atoms with van der Waals surface area (Å²) in [6.07, 6.45) is 2.77. The van der Waals surface area contributed by atoms with Crippen LogP contribution in [0.25, 0.3) is 0 Å². The molecule has 0 aromatic carbocycles. The molecule has 2 rings (SSSR count). The number of hydrogen-bond donors (Lipinski definition) is 1. The van der Waals surface area contributed by atoms with Crippen molar-refractivity contribution in [2.45, 2.75) is 6.42 Å². The summed E-state index contributed by atoms with van der Waals surface area (Å²) in [5, 5.41) is 0. The van der Waals surface area contributed by atoms with E-state index in [0.29, 0.717) is 5.82 Å². The average molecular weight is 264 g/mol. The Morgan fingerprint density at radius 2 is 1.95 bits per heavy atom. The van der Waals surface area contributed by atoms with Crippen LogP contribution in [0.3, 0.4) is 0 Å². The van der Waals surface area contributed by atoms with Crippen LogP contribution in [0.4, 0.5) is 11.6 Å². The van der Waals surface area contributed by atoms with Gasteiger partial charge in [0.25, 0.3) is 0 Å². The first-order valence-electron chi connectivity index (χ1n) is 6.85. The highest BCUT2D eigenvalue weighted by molar-refractivity contribution is 5.46. The molecule has 0 aliphatic carbocycles. The molecule has 0 spiro atoms. The molecule has 1 aromatic heterocycles. The van der Waals surface area contributed by atoms with Gasteiger partial charge in [-0.15, -0.1) is 0 Å². The van der Waals surface area contributed by atoms with E-state index in [2.05, 4.69) is 38.8 Å². The zero-order chi connectivity index (χ0) is 13.7. The van der Waals surface area contributed by atoms with Gasteiger partial charge < -0.3 is 15.5 Å². The number of hydrogen-bond acceptors (Lipinski definition) is 6. The molecule has 1 aliphatic heterocycles. The van der Waals surface area contributed by atoms with Crippen LogP contribution in [0.2, 0.25) is 0 Å². The Kier molecular flexibility index (Phi) is 4.93. The summed E-state index contributed by atoms with van der Waals surface area (Å²) in [4.78, 5) is 15.2. The van der Waals surface area contributed by atoms with E-state index in [1.807, 2.05) is 6.07 Å². The predicted molar refractivity (Wildman–Crippen MR) is 78.3 cm³/mol. The summed E-state index contributed by atoms with van der Waals surface area (Å²) in [7, 11) is 4.24. The van der Waals surface area contributed by atoms with Gasteiger partial charge >= 0.3 is 0 Å². The van der Waals surface area contributed by atoms with Crippen molar-refractivity contribution in [2.75, 3.05) is 64.0 Å². The van der Waals surface area contributed by atoms with Crippen LogP contribution in [0, 0.1) is 0 Å². The van der Waals surface area contributed by atoms with E-state index in [9.17, 15) is 0 Å². The van der Waals surface area contributed by atoms with E-state index >= 15 is 0 Å². The number of nitrogens with zero attached hydrogens (tertiary/aromatic N) is 5. The van der Waals surface area contributed by atoms with Gasteiger partial charge in [-0.25, -0.2) is 9.97 Å². The molecule has 2 heterocycles. The lowest BCUT2D eigenvalue weighted by Crippen LogP contribution is -2.47. The molecular formula is C13H24N6. The molecule has 19 heavy (non-hydrogen) atoms. The van der Waals surface area contributed by atoms with Gasteiger partial charge in [0.05, 0.1) is 0 Å². The van der Waals surface area contributed by atoms with Gasteiger partial charge in [0.15, 0.2) is 0 Å². The number of aromatic nitrogens is 2. The molecule has 1 saturated heterocycles. The highest BCUT2D eigenvalue weighted by Gasteiger charge is 2.17. The van der Waals surface area contributed by atoms with Crippen molar-refractivity contribution < 1.29 is 0 Å². The third kappa shape index (κ3) is 4.33. The van der Waals surface area contributed by atoms with Gasteiger partial charge in [-0.05, 0) is 33.6 Å². The van der Waals surface area contributed by atoms with Crippen LogP contribution in [0.1, 0.15) is 6.42 Å². The number of nitrogens with two attached hydrogens (primary N) is 1. The fourth-order valence-corrected chi connectivity index (χ4v) is 2.35. The fraction of sp³-hybridized carbons (Fsp3) is 0.692. The van der Waals surface area contributed by atoms with Crippen LogP contribution in [0.5, 0.6) is 0 Å². The molecule has 106 valence electrons. The molecule has 0 unspecified atom stereocenters. The first kappa shape index (κ1) is 14.0. The standard InChI is InChI=1S/C13H24N6/c1-17(2)4-3-5-18-6-8-19(9-7-18)13-10-12(14)15-11-16-13/h10-11H,3-9H2,1-2H3,(H2,14,15,16). The highest BCUT2D eigenvalue weighted by Crippen LogP contribution is 2.14. The quantitative estimate of drug-likeness (QED) is 0.816. The summed E-state index contributed by atoms with van der Waals surface area (Å²) >= 11 is 0. The largest absolute Gasteiger partial charge is 0.384 e. The van der Waals surface area contributed by atoms with E-state index < -0.39 is 0 Å². The first-order valence-corrected chi connectivity index (χ1v) is 6.85. The monoisotopic (exact) mass is 264 g/mol. The zero-order valence-corrected chi connectivity index (χ0v) is 11.9. The summed E-state index contributed by atoms with van der Waals surface area (Å²) in [6.45, 7) is 6.55. The minimum absolute atomic E-state index is 0.540. The normalized spacial score (nSPS) is 17.1. The molecule has 6 nitrogen and oxygen atoms in total. The Bertz CT molecular complexity index is 386. The number of nitrogen functional groups attached to an aromatic ring is 1. The second kappa shape index (κ2) is 6.68. The summed E-state index contributed by atoms with van der Waals surface area (Å²) in [5.41, 5.74) is 5.69. The Morgan fingerprint density at radius 1 is 1.21 bits per heavy atom.